The largest absolute Gasteiger partial charge is 0.317 e. The number of nitrogens with zero attached hydrogens (tertiary/aromatic N) is 1. The molecular formula is C11H17N. The summed E-state index contributed by atoms with van der Waals surface area (Å²) in [6.07, 6.45) is 4.11. The fourth-order valence-corrected chi connectivity index (χ4v) is 3.30. The van der Waals surface area contributed by atoms with Gasteiger partial charge in [-0.3, -0.25) is 0 Å². The zero-order valence-corrected chi connectivity index (χ0v) is 8.01. The third-order valence-electron chi connectivity index (χ3n) is 4.33. The molecule has 3 aliphatic rings. The van der Waals surface area contributed by atoms with Crippen molar-refractivity contribution in [2.24, 2.45) is 23.2 Å². The molecule has 3 aliphatic carbocycles. The van der Waals surface area contributed by atoms with E-state index < -0.39 is 0 Å². The minimum Gasteiger partial charge on any atom is -0.317 e. The molecule has 3 fully saturated rings. The van der Waals surface area contributed by atoms with Crippen molar-refractivity contribution in [3.63, 3.8) is 0 Å². The van der Waals surface area contributed by atoms with Crippen LogP contribution in [0.15, 0.2) is 0 Å². The van der Waals surface area contributed by atoms with E-state index >= 15 is 0 Å². The molecule has 0 aromatic carbocycles. The van der Waals surface area contributed by atoms with Crippen molar-refractivity contribution in [3.05, 3.63) is 11.4 Å². The summed E-state index contributed by atoms with van der Waals surface area (Å²) in [6.45, 7) is 12.5. The highest BCUT2D eigenvalue weighted by Crippen LogP contribution is 2.61. The molecule has 0 N–H and O–H groups in total. The Morgan fingerprint density at radius 1 is 1.42 bits per heavy atom. The van der Waals surface area contributed by atoms with Gasteiger partial charge in [0.05, 0.1) is 0 Å². The van der Waals surface area contributed by atoms with Crippen LogP contribution in [-0.2, 0) is 0 Å². The van der Waals surface area contributed by atoms with Crippen LogP contribution in [0.5, 0.6) is 0 Å². The first-order valence-electron chi connectivity index (χ1n) is 4.99. The Bertz CT molecular complexity index is 222. The summed E-state index contributed by atoms with van der Waals surface area (Å²) in [5.41, 5.74) is 0.563. The van der Waals surface area contributed by atoms with Crippen LogP contribution >= 0.6 is 0 Å². The first-order chi connectivity index (χ1) is 5.66. The monoisotopic (exact) mass is 163 g/mol. The maximum Gasteiger partial charge on any atom is 0.217 e. The normalized spacial score (nSPS) is 42.9. The SMILES string of the molecule is [C-]#[N+]CC1CC[C@H]2C[C@H]1C2(C)C. The summed E-state index contributed by atoms with van der Waals surface area (Å²) >= 11 is 0. The van der Waals surface area contributed by atoms with Crippen molar-refractivity contribution in [3.8, 4) is 0 Å². The fraction of sp³-hybridized carbons (Fsp3) is 0.909. The van der Waals surface area contributed by atoms with Gasteiger partial charge in [0.15, 0.2) is 0 Å². The summed E-state index contributed by atoms with van der Waals surface area (Å²) < 4.78 is 0. The van der Waals surface area contributed by atoms with Gasteiger partial charge in [-0.05, 0) is 36.5 Å². The van der Waals surface area contributed by atoms with E-state index in [4.69, 9.17) is 6.57 Å². The maximum atomic E-state index is 6.90. The lowest BCUT2D eigenvalue weighted by Crippen LogP contribution is -2.52. The van der Waals surface area contributed by atoms with Crippen molar-refractivity contribution >= 4 is 0 Å². The molecule has 0 radical (unpaired) electrons. The lowest BCUT2D eigenvalue weighted by molar-refractivity contribution is -0.0994. The second kappa shape index (κ2) is 2.49. The van der Waals surface area contributed by atoms with Crippen LogP contribution in [0.4, 0.5) is 0 Å². The van der Waals surface area contributed by atoms with Gasteiger partial charge in [0, 0.05) is 5.92 Å². The minimum absolute atomic E-state index is 0.563. The summed E-state index contributed by atoms with van der Waals surface area (Å²) in [4.78, 5) is 3.55. The van der Waals surface area contributed by atoms with Gasteiger partial charge in [-0.15, -0.1) is 0 Å². The molecule has 3 rings (SSSR count). The zero-order valence-electron chi connectivity index (χ0n) is 8.01. The summed E-state index contributed by atoms with van der Waals surface area (Å²) in [5, 5.41) is 0. The van der Waals surface area contributed by atoms with E-state index in [1.54, 1.807) is 0 Å². The Morgan fingerprint density at radius 2 is 2.17 bits per heavy atom. The molecule has 3 saturated carbocycles. The molecule has 1 unspecified atom stereocenters. The Morgan fingerprint density at radius 3 is 2.67 bits per heavy atom. The predicted octanol–water partition coefficient (Wildman–Crippen LogP) is 2.98. The molecule has 0 heterocycles. The van der Waals surface area contributed by atoms with E-state index in [1.807, 2.05) is 0 Å². The summed E-state index contributed by atoms with van der Waals surface area (Å²) in [6, 6.07) is 0. The smallest absolute Gasteiger partial charge is 0.217 e. The van der Waals surface area contributed by atoms with E-state index in [0.29, 0.717) is 5.41 Å². The van der Waals surface area contributed by atoms with Gasteiger partial charge >= 0.3 is 0 Å². The molecule has 0 spiro atoms. The molecule has 66 valence electrons. The van der Waals surface area contributed by atoms with Gasteiger partial charge < -0.3 is 4.85 Å². The van der Waals surface area contributed by atoms with Crippen molar-refractivity contribution in [1.29, 1.82) is 0 Å². The molecule has 12 heavy (non-hydrogen) atoms. The topological polar surface area (TPSA) is 4.36 Å². The second-order valence-electron chi connectivity index (χ2n) is 5.04. The van der Waals surface area contributed by atoms with Crippen LogP contribution in [0.3, 0.4) is 0 Å². The van der Waals surface area contributed by atoms with Crippen LogP contribution in [0.25, 0.3) is 4.85 Å². The van der Waals surface area contributed by atoms with Gasteiger partial charge in [-0.25, -0.2) is 6.57 Å². The number of hydrogen-bond donors (Lipinski definition) is 0. The van der Waals surface area contributed by atoms with Gasteiger partial charge in [0.25, 0.3) is 0 Å². The van der Waals surface area contributed by atoms with Crippen molar-refractivity contribution in [2.45, 2.75) is 33.1 Å². The molecule has 0 aliphatic heterocycles. The highest BCUT2D eigenvalue weighted by Gasteiger charge is 2.54. The van der Waals surface area contributed by atoms with E-state index in [2.05, 4.69) is 18.7 Å². The van der Waals surface area contributed by atoms with Crippen LogP contribution in [0.2, 0.25) is 0 Å². The van der Waals surface area contributed by atoms with E-state index in [1.165, 1.54) is 19.3 Å². The molecule has 0 aromatic rings. The molecule has 2 bridgehead atoms. The van der Waals surface area contributed by atoms with E-state index in [9.17, 15) is 0 Å². The number of rotatable bonds is 1. The standard InChI is InChI=1S/C11H17N/c1-11(2)9-5-4-8(7-12-3)10(11)6-9/h8-10H,4-7H2,1-2H3/t8?,9-,10+/m0/s1. The lowest BCUT2D eigenvalue weighted by Gasteiger charge is -2.59. The molecule has 0 saturated heterocycles. The molecule has 3 atom stereocenters. The lowest BCUT2D eigenvalue weighted by atomic mass is 9.45. The van der Waals surface area contributed by atoms with Gasteiger partial charge in [0.1, 0.15) is 0 Å². The predicted molar refractivity (Wildman–Crippen MR) is 49.6 cm³/mol. The first-order valence-corrected chi connectivity index (χ1v) is 4.99. The Labute approximate surface area is 75.0 Å². The van der Waals surface area contributed by atoms with Gasteiger partial charge in [0.2, 0.25) is 6.54 Å². The van der Waals surface area contributed by atoms with Crippen LogP contribution < -0.4 is 0 Å². The Kier molecular flexibility index (Phi) is 1.68. The number of hydrogen-bond acceptors (Lipinski definition) is 0. The van der Waals surface area contributed by atoms with Gasteiger partial charge in [-0.1, -0.05) is 13.8 Å². The quantitative estimate of drug-likeness (QED) is 0.523. The third kappa shape index (κ3) is 0.905. The Balaban J connectivity index is 2.07. The van der Waals surface area contributed by atoms with E-state index in [-0.39, 0.29) is 0 Å². The molecule has 0 aromatic heterocycles. The first kappa shape index (κ1) is 8.10. The van der Waals surface area contributed by atoms with Crippen LogP contribution in [-0.4, -0.2) is 6.54 Å². The van der Waals surface area contributed by atoms with Crippen LogP contribution in [0, 0.1) is 29.7 Å². The molecule has 1 heteroatoms. The second-order valence-corrected chi connectivity index (χ2v) is 5.04. The summed E-state index contributed by atoms with van der Waals surface area (Å²) in [5.74, 6) is 2.57. The minimum atomic E-state index is 0.563. The zero-order chi connectivity index (χ0) is 8.77. The fourth-order valence-electron chi connectivity index (χ4n) is 3.30. The molecule has 0 amide bonds. The Hall–Kier alpha value is -0.510. The maximum absolute atomic E-state index is 6.90. The molecule has 1 nitrogen and oxygen atoms in total. The van der Waals surface area contributed by atoms with Crippen molar-refractivity contribution in [2.75, 3.05) is 6.54 Å². The van der Waals surface area contributed by atoms with Crippen molar-refractivity contribution in [1.82, 2.24) is 0 Å². The van der Waals surface area contributed by atoms with Crippen LogP contribution in [0.1, 0.15) is 33.1 Å². The average molecular weight is 163 g/mol. The van der Waals surface area contributed by atoms with E-state index in [0.717, 1.165) is 24.3 Å². The highest BCUT2D eigenvalue weighted by molar-refractivity contribution is 5.04. The average Bonchev–Trinajstić information content (AvgIpc) is 2.05. The highest BCUT2D eigenvalue weighted by atomic mass is 14.7. The third-order valence-corrected chi connectivity index (χ3v) is 4.33. The van der Waals surface area contributed by atoms with Crippen molar-refractivity contribution < 1.29 is 0 Å². The summed E-state index contributed by atoms with van der Waals surface area (Å²) in [7, 11) is 0. The molecular weight excluding hydrogens is 146 g/mol. The van der Waals surface area contributed by atoms with Gasteiger partial charge in [-0.2, -0.15) is 0 Å². The number of fused-ring (bicyclic) bond motifs is 2.